The van der Waals surface area contributed by atoms with Gasteiger partial charge in [0.25, 0.3) is 0 Å². The molecule has 0 atom stereocenters. The summed E-state index contributed by atoms with van der Waals surface area (Å²) in [5.41, 5.74) is 0.551. The van der Waals surface area contributed by atoms with Crippen molar-refractivity contribution in [3.63, 3.8) is 0 Å². The van der Waals surface area contributed by atoms with Gasteiger partial charge in [-0.05, 0) is 68.5 Å². The van der Waals surface area contributed by atoms with Crippen LogP contribution < -0.4 is 9.64 Å². The highest BCUT2D eigenvalue weighted by Crippen LogP contribution is 2.24. The van der Waals surface area contributed by atoms with E-state index in [1.165, 1.54) is 0 Å². The second-order valence-electron chi connectivity index (χ2n) is 6.39. The van der Waals surface area contributed by atoms with E-state index >= 15 is 0 Å². The number of anilines is 1. The first kappa shape index (κ1) is 18.2. The third-order valence-electron chi connectivity index (χ3n) is 4.66. The number of nitrogens with zero attached hydrogens (tertiary/aromatic N) is 3. The molecule has 6 nitrogen and oxygen atoms in total. The molecule has 1 aliphatic heterocycles. The predicted octanol–water partition coefficient (Wildman–Crippen LogP) is 3.34. The molecule has 3 rings (SSSR count). The van der Waals surface area contributed by atoms with Crippen molar-refractivity contribution < 1.29 is 14.3 Å². The second kappa shape index (κ2) is 9.17. The summed E-state index contributed by atoms with van der Waals surface area (Å²) in [5.74, 6) is 2.12. The summed E-state index contributed by atoms with van der Waals surface area (Å²) < 4.78 is 10.8. The van der Waals surface area contributed by atoms with Gasteiger partial charge in [-0.2, -0.15) is 5.10 Å². The fourth-order valence-corrected chi connectivity index (χ4v) is 3.16. The highest BCUT2D eigenvalue weighted by atomic mass is 16.5. The predicted molar refractivity (Wildman–Crippen MR) is 99.5 cm³/mol. The lowest BCUT2D eigenvalue weighted by atomic mass is 9.94. The van der Waals surface area contributed by atoms with Crippen molar-refractivity contribution >= 4 is 11.8 Å². The summed E-state index contributed by atoms with van der Waals surface area (Å²) in [6.45, 7) is 4.89. The minimum Gasteiger partial charge on any atom is -0.494 e. The highest BCUT2D eigenvalue weighted by Gasteiger charge is 2.20. The smallest absolute Gasteiger partial charge is 0.338 e. The zero-order valence-corrected chi connectivity index (χ0v) is 15.1. The summed E-state index contributed by atoms with van der Waals surface area (Å²) >= 11 is 0. The summed E-state index contributed by atoms with van der Waals surface area (Å²) in [6.07, 6.45) is 5.02. The average molecular weight is 355 g/mol. The number of piperidine rings is 1. The number of carbonyl (C=O) groups is 1. The van der Waals surface area contributed by atoms with Gasteiger partial charge >= 0.3 is 5.97 Å². The molecular weight excluding hydrogens is 330 g/mol. The molecule has 2 aromatic rings. The average Bonchev–Trinajstić information content (AvgIpc) is 2.70. The number of benzene rings is 1. The van der Waals surface area contributed by atoms with Crippen LogP contribution in [-0.4, -0.2) is 42.5 Å². The topological polar surface area (TPSA) is 64.6 Å². The van der Waals surface area contributed by atoms with E-state index in [-0.39, 0.29) is 5.97 Å². The maximum atomic E-state index is 11.6. The Hall–Kier alpha value is -2.63. The molecule has 1 aromatic heterocycles. The van der Waals surface area contributed by atoms with Crippen molar-refractivity contribution in [1.82, 2.24) is 10.2 Å². The van der Waals surface area contributed by atoms with Crippen LogP contribution in [-0.2, 0) is 4.74 Å². The van der Waals surface area contributed by atoms with Crippen LogP contribution in [0.3, 0.4) is 0 Å². The Bertz CT molecular complexity index is 683. The molecule has 0 N–H and O–H groups in total. The van der Waals surface area contributed by atoms with E-state index in [4.69, 9.17) is 9.47 Å². The van der Waals surface area contributed by atoms with Crippen LogP contribution >= 0.6 is 0 Å². The van der Waals surface area contributed by atoms with E-state index in [2.05, 4.69) is 15.1 Å². The Morgan fingerprint density at radius 3 is 2.62 bits per heavy atom. The zero-order chi connectivity index (χ0) is 18.2. The van der Waals surface area contributed by atoms with Gasteiger partial charge in [-0.25, -0.2) is 4.79 Å². The lowest BCUT2D eigenvalue weighted by Gasteiger charge is -2.32. The van der Waals surface area contributed by atoms with E-state index < -0.39 is 0 Å². The standard InChI is InChI=1S/C20H25N3O3/c1-2-25-20(24)17-5-7-18(8-6-17)26-15-11-16-9-13-23(14-10-16)19-4-3-12-21-22-19/h3-8,12,16H,2,9-11,13-15H2,1H3. The van der Waals surface area contributed by atoms with Gasteiger partial charge in [0, 0.05) is 19.3 Å². The van der Waals surface area contributed by atoms with Crippen LogP contribution in [0.4, 0.5) is 5.82 Å². The van der Waals surface area contributed by atoms with E-state index in [1.54, 1.807) is 25.3 Å². The van der Waals surface area contributed by atoms with Crippen molar-refractivity contribution in [3.05, 3.63) is 48.2 Å². The molecule has 1 aliphatic rings. The van der Waals surface area contributed by atoms with Crippen molar-refractivity contribution in [2.24, 2.45) is 5.92 Å². The first-order valence-electron chi connectivity index (χ1n) is 9.19. The first-order valence-corrected chi connectivity index (χ1v) is 9.19. The van der Waals surface area contributed by atoms with Gasteiger partial charge in [-0.15, -0.1) is 5.10 Å². The Balaban J connectivity index is 1.38. The van der Waals surface area contributed by atoms with Crippen LogP contribution in [0.15, 0.2) is 42.6 Å². The molecule has 0 radical (unpaired) electrons. The van der Waals surface area contributed by atoms with Gasteiger partial charge in [0.1, 0.15) is 5.75 Å². The van der Waals surface area contributed by atoms with Gasteiger partial charge in [-0.3, -0.25) is 0 Å². The molecular formula is C20H25N3O3. The van der Waals surface area contributed by atoms with Gasteiger partial charge in [0.15, 0.2) is 5.82 Å². The lowest BCUT2D eigenvalue weighted by Crippen LogP contribution is -2.34. The Morgan fingerprint density at radius 1 is 1.19 bits per heavy atom. The van der Waals surface area contributed by atoms with E-state index in [9.17, 15) is 4.79 Å². The Kier molecular flexibility index (Phi) is 6.41. The maximum Gasteiger partial charge on any atom is 0.338 e. The molecule has 26 heavy (non-hydrogen) atoms. The van der Waals surface area contributed by atoms with Crippen LogP contribution in [0, 0.1) is 5.92 Å². The van der Waals surface area contributed by atoms with E-state index in [1.807, 2.05) is 24.3 Å². The Labute approximate surface area is 154 Å². The van der Waals surface area contributed by atoms with Gasteiger partial charge in [0.05, 0.1) is 18.8 Å². The molecule has 138 valence electrons. The normalized spacial score (nSPS) is 14.9. The fraction of sp³-hybridized carbons (Fsp3) is 0.450. The van der Waals surface area contributed by atoms with Crippen LogP contribution in [0.2, 0.25) is 0 Å². The molecule has 0 amide bonds. The number of esters is 1. The van der Waals surface area contributed by atoms with Crippen LogP contribution in [0.5, 0.6) is 5.75 Å². The third-order valence-corrected chi connectivity index (χ3v) is 4.66. The van der Waals surface area contributed by atoms with Crippen molar-refractivity contribution in [3.8, 4) is 5.75 Å². The highest BCUT2D eigenvalue weighted by molar-refractivity contribution is 5.89. The molecule has 6 heteroatoms. The number of ether oxygens (including phenoxy) is 2. The largest absolute Gasteiger partial charge is 0.494 e. The number of carbonyl (C=O) groups excluding carboxylic acids is 1. The summed E-state index contributed by atoms with van der Waals surface area (Å²) in [5, 5.41) is 8.13. The molecule has 0 unspecified atom stereocenters. The third kappa shape index (κ3) is 4.94. The van der Waals surface area contributed by atoms with E-state index in [0.29, 0.717) is 24.7 Å². The minimum absolute atomic E-state index is 0.297. The van der Waals surface area contributed by atoms with Crippen LogP contribution in [0.25, 0.3) is 0 Å². The SMILES string of the molecule is CCOC(=O)c1ccc(OCCC2CCN(c3cccnn3)CC2)cc1. The summed E-state index contributed by atoms with van der Waals surface area (Å²) in [4.78, 5) is 13.9. The van der Waals surface area contributed by atoms with Gasteiger partial charge < -0.3 is 14.4 Å². The monoisotopic (exact) mass is 355 g/mol. The van der Waals surface area contributed by atoms with Crippen molar-refractivity contribution in [1.29, 1.82) is 0 Å². The molecule has 1 fully saturated rings. The van der Waals surface area contributed by atoms with Crippen molar-refractivity contribution in [2.75, 3.05) is 31.2 Å². The summed E-state index contributed by atoms with van der Waals surface area (Å²) in [7, 11) is 0. The number of hydrogen-bond donors (Lipinski definition) is 0. The first-order chi connectivity index (χ1) is 12.8. The zero-order valence-electron chi connectivity index (χ0n) is 15.1. The molecule has 2 heterocycles. The Morgan fingerprint density at radius 2 is 1.96 bits per heavy atom. The number of hydrogen-bond acceptors (Lipinski definition) is 6. The van der Waals surface area contributed by atoms with Crippen LogP contribution in [0.1, 0.15) is 36.5 Å². The van der Waals surface area contributed by atoms with Gasteiger partial charge in [0.2, 0.25) is 0 Å². The number of aromatic nitrogens is 2. The quantitative estimate of drug-likeness (QED) is 0.710. The molecule has 0 bridgehead atoms. The number of rotatable bonds is 7. The summed E-state index contributed by atoms with van der Waals surface area (Å²) in [6, 6.07) is 11.1. The minimum atomic E-state index is -0.297. The second-order valence-corrected chi connectivity index (χ2v) is 6.39. The van der Waals surface area contributed by atoms with Gasteiger partial charge in [-0.1, -0.05) is 0 Å². The van der Waals surface area contributed by atoms with Crippen molar-refractivity contribution in [2.45, 2.75) is 26.2 Å². The molecule has 0 saturated carbocycles. The fourth-order valence-electron chi connectivity index (χ4n) is 3.16. The lowest BCUT2D eigenvalue weighted by molar-refractivity contribution is 0.0526. The molecule has 1 saturated heterocycles. The maximum absolute atomic E-state index is 11.6. The molecule has 0 aliphatic carbocycles. The van der Waals surface area contributed by atoms with E-state index in [0.717, 1.165) is 43.9 Å². The molecule has 1 aromatic carbocycles. The molecule has 0 spiro atoms.